The van der Waals surface area contributed by atoms with Crippen molar-refractivity contribution in [3.8, 4) is 0 Å². The molecule has 1 N–H and O–H groups in total. The van der Waals surface area contributed by atoms with E-state index in [2.05, 4.69) is 72.7 Å². The monoisotopic (exact) mass is 268 g/mol. The summed E-state index contributed by atoms with van der Waals surface area (Å²) in [5.74, 6) is 0. The summed E-state index contributed by atoms with van der Waals surface area (Å²) < 4.78 is 0. The minimum atomic E-state index is 0.925. The summed E-state index contributed by atoms with van der Waals surface area (Å²) in [5, 5.41) is 3.17. The molecule has 0 saturated carbocycles. The first-order chi connectivity index (χ1) is 9.72. The van der Waals surface area contributed by atoms with E-state index in [-0.39, 0.29) is 0 Å². The van der Waals surface area contributed by atoms with Crippen LogP contribution in [0.4, 0.5) is 5.69 Å². The first kappa shape index (κ1) is 14.6. The fourth-order valence-electron chi connectivity index (χ4n) is 2.32. The van der Waals surface area contributed by atoms with Gasteiger partial charge in [0.05, 0.1) is 0 Å². The highest BCUT2D eigenvalue weighted by atomic mass is 15.1. The predicted octanol–water partition coefficient (Wildman–Crippen LogP) is 3.60. The molecule has 0 aliphatic rings. The Morgan fingerprint density at radius 2 is 1.40 bits per heavy atom. The van der Waals surface area contributed by atoms with Gasteiger partial charge in [0.25, 0.3) is 0 Å². The molecule has 0 aliphatic heterocycles. The van der Waals surface area contributed by atoms with Crippen molar-refractivity contribution in [2.45, 2.75) is 26.4 Å². The summed E-state index contributed by atoms with van der Waals surface area (Å²) >= 11 is 0. The minimum Gasteiger partial charge on any atom is -0.370 e. The van der Waals surface area contributed by atoms with E-state index in [0.717, 1.165) is 19.5 Å². The van der Waals surface area contributed by atoms with Gasteiger partial charge in [0, 0.05) is 25.8 Å². The topological polar surface area (TPSA) is 15.3 Å². The van der Waals surface area contributed by atoms with Gasteiger partial charge in [-0.15, -0.1) is 0 Å². The number of nitrogens with one attached hydrogen (secondary N) is 1. The number of anilines is 1. The maximum absolute atomic E-state index is 3.17. The van der Waals surface area contributed by atoms with Crippen molar-refractivity contribution in [2.75, 3.05) is 19.0 Å². The quantitative estimate of drug-likeness (QED) is 0.861. The fraction of sp³-hybridized carbons (Fsp3) is 0.333. The van der Waals surface area contributed by atoms with E-state index in [0.29, 0.717) is 0 Å². The highest BCUT2D eigenvalue weighted by molar-refractivity contribution is 5.47. The SMILES string of the molecule is CCc1ccc(N(C)Cc2ccc(CNC)cc2)cc1. The van der Waals surface area contributed by atoms with Crippen LogP contribution in [-0.2, 0) is 19.5 Å². The zero-order chi connectivity index (χ0) is 14.4. The lowest BCUT2D eigenvalue weighted by atomic mass is 10.1. The number of rotatable bonds is 6. The van der Waals surface area contributed by atoms with Gasteiger partial charge in [-0.05, 0) is 42.3 Å². The Bertz CT molecular complexity index is 514. The van der Waals surface area contributed by atoms with Crippen molar-refractivity contribution < 1.29 is 0 Å². The third-order valence-corrected chi connectivity index (χ3v) is 3.61. The molecule has 2 nitrogen and oxygen atoms in total. The van der Waals surface area contributed by atoms with Gasteiger partial charge in [-0.25, -0.2) is 0 Å². The predicted molar refractivity (Wildman–Crippen MR) is 87.1 cm³/mol. The molecule has 0 aromatic heterocycles. The van der Waals surface area contributed by atoms with Crippen molar-refractivity contribution in [3.63, 3.8) is 0 Å². The second-order valence-corrected chi connectivity index (χ2v) is 5.22. The maximum Gasteiger partial charge on any atom is 0.0426 e. The normalized spacial score (nSPS) is 10.6. The third-order valence-electron chi connectivity index (χ3n) is 3.61. The summed E-state index contributed by atoms with van der Waals surface area (Å²) in [6, 6.07) is 17.6. The molecule has 0 fully saturated rings. The lowest BCUT2D eigenvalue weighted by molar-refractivity contribution is 0.816. The van der Waals surface area contributed by atoms with E-state index in [1.54, 1.807) is 0 Å². The molecule has 2 aromatic rings. The summed E-state index contributed by atoms with van der Waals surface area (Å²) in [7, 11) is 4.12. The van der Waals surface area contributed by atoms with Gasteiger partial charge in [0.1, 0.15) is 0 Å². The second kappa shape index (κ2) is 7.11. The first-order valence-corrected chi connectivity index (χ1v) is 7.25. The smallest absolute Gasteiger partial charge is 0.0426 e. The second-order valence-electron chi connectivity index (χ2n) is 5.22. The molecule has 20 heavy (non-hydrogen) atoms. The Morgan fingerprint density at radius 3 is 1.95 bits per heavy atom. The Kier molecular flexibility index (Phi) is 5.19. The average molecular weight is 268 g/mol. The van der Waals surface area contributed by atoms with Crippen LogP contribution in [0.5, 0.6) is 0 Å². The van der Waals surface area contributed by atoms with Gasteiger partial charge in [-0.1, -0.05) is 43.3 Å². The zero-order valence-corrected chi connectivity index (χ0v) is 12.7. The molecule has 0 amide bonds. The Morgan fingerprint density at radius 1 is 0.850 bits per heavy atom. The Hall–Kier alpha value is -1.80. The third kappa shape index (κ3) is 3.84. The molecule has 0 unspecified atom stereocenters. The number of benzene rings is 2. The first-order valence-electron chi connectivity index (χ1n) is 7.25. The van der Waals surface area contributed by atoms with E-state index >= 15 is 0 Å². The number of hydrogen-bond acceptors (Lipinski definition) is 2. The van der Waals surface area contributed by atoms with E-state index in [1.165, 1.54) is 22.4 Å². The molecule has 0 spiro atoms. The van der Waals surface area contributed by atoms with Crippen LogP contribution in [0.15, 0.2) is 48.5 Å². The van der Waals surface area contributed by atoms with Crippen molar-refractivity contribution in [2.24, 2.45) is 0 Å². The highest BCUT2D eigenvalue weighted by Gasteiger charge is 2.02. The summed E-state index contributed by atoms with van der Waals surface area (Å²) in [6.45, 7) is 4.05. The van der Waals surface area contributed by atoms with Crippen LogP contribution in [0.3, 0.4) is 0 Å². The van der Waals surface area contributed by atoms with Crippen molar-refractivity contribution >= 4 is 5.69 Å². The molecule has 0 heterocycles. The van der Waals surface area contributed by atoms with Crippen molar-refractivity contribution in [1.29, 1.82) is 0 Å². The zero-order valence-electron chi connectivity index (χ0n) is 12.7. The molecule has 2 heteroatoms. The van der Waals surface area contributed by atoms with Gasteiger partial charge >= 0.3 is 0 Å². The van der Waals surface area contributed by atoms with Crippen molar-refractivity contribution in [3.05, 3.63) is 65.2 Å². The highest BCUT2D eigenvalue weighted by Crippen LogP contribution is 2.17. The molecule has 0 bridgehead atoms. The summed E-state index contributed by atoms with van der Waals surface area (Å²) in [5.41, 5.74) is 5.32. The molecule has 0 saturated heterocycles. The molecule has 2 aromatic carbocycles. The molecule has 2 rings (SSSR count). The molecule has 0 radical (unpaired) electrons. The number of aryl methyl sites for hydroxylation is 1. The number of nitrogens with zero attached hydrogens (tertiary/aromatic N) is 1. The molecule has 0 atom stereocenters. The maximum atomic E-state index is 3.17. The summed E-state index contributed by atoms with van der Waals surface area (Å²) in [6.07, 6.45) is 1.09. The van der Waals surface area contributed by atoms with Gasteiger partial charge < -0.3 is 10.2 Å². The molecular weight excluding hydrogens is 244 g/mol. The van der Waals surface area contributed by atoms with Crippen LogP contribution in [0.1, 0.15) is 23.6 Å². The molecular formula is C18H24N2. The van der Waals surface area contributed by atoms with E-state index in [1.807, 2.05) is 7.05 Å². The lowest BCUT2D eigenvalue weighted by Gasteiger charge is -2.20. The van der Waals surface area contributed by atoms with Crippen LogP contribution in [0, 0.1) is 0 Å². The van der Waals surface area contributed by atoms with Gasteiger partial charge in [-0.3, -0.25) is 0 Å². The van der Waals surface area contributed by atoms with Crippen LogP contribution < -0.4 is 10.2 Å². The minimum absolute atomic E-state index is 0.925. The Balaban J connectivity index is 2.00. The van der Waals surface area contributed by atoms with Crippen LogP contribution in [-0.4, -0.2) is 14.1 Å². The molecule has 0 aliphatic carbocycles. The number of hydrogen-bond donors (Lipinski definition) is 1. The average Bonchev–Trinajstić information content (AvgIpc) is 2.49. The van der Waals surface area contributed by atoms with E-state index < -0.39 is 0 Å². The summed E-state index contributed by atoms with van der Waals surface area (Å²) in [4.78, 5) is 2.28. The van der Waals surface area contributed by atoms with Crippen LogP contribution in [0.25, 0.3) is 0 Å². The Labute approximate surface area is 122 Å². The van der Waals surface area contributed by atoms with Crippen molar-refractivity contribution in [1.82, 2.24) is 5.32 Å². The van der Waals surface area contributed by atoms with Gasteiger partial charge in [0.2, 0.25) is 0 Å². The van der Waals surface area contributed by atoms with E-state index in [4.69, 9.17) is 0 Å². The lowest BCUT2D eigenvalue weighted by Crippen LogP contribution is -2.16. The van der Waals surface area contributed by atoms with Gasteiger partial charge in [0.15, 0.2) is 0 Å². The largest absolute Gasteiger partial charge is 0.370 e. The van der Waals surface area contributed by atoms with Crippen LogP contribution in [0.2, 0.25) is 0 Å². The standard InChI is InChI=1S/C18H24N2/c1-4-15-9-11-18(12-10-15)20(3)14-17-7-5-16(6-8-17)13-19-2/h5-12,19H,4,13-14H2,1-3H3. The van der Waals surface area contributed by atoms with Gasteiger partial charge in [-0.2, -0.15) is 0 Å². The fourth-order valence-corrected chi connectivity index (χ4v) is 2.32. The van der Waals surface area contributed by atoms with E-state index in [9.17, 15) is 0 Å². The van der Waals surface area contributed by atoms with Crippen LogP contribution >= 0.6 is 0 Å². The molecule has 106 valence electrons.